The fourth-order valence-electron chi connectivity index (χ4n) is 2.95. The summed E-state index contributed by atoms with van der Waals surface area (Å²) in [5.41, 5.74) is 8.09. The third-order valence-electron chi connectivity index (χ3n) is 4.76. The molecule has 0 aliphatic carbocycles. The monoisotopic (exact) mass is 612 g/mol. The summed E-state index contributed by atoms with van der Waals surface area (Å²) in [4.78, 5) is 43.6. The second-order valence-electron chi connectivity index (χ2n) is 7.59. The summed E-state index contributed by atoms with van der Waals surface area (Å²) in [7, 11) is 0. The number of aromatic nitrogens is 2. The first-order valence-corrected chi connectivity index (χ1v) is 11.9. The summed E-state index contributed by atoms with van der Waals surface area (Å²) in [6.45, 7) is 1.55. The Hall–Kier alpha value is -5.11. The molecule has 0 saturated carbocycles. The number of nitrogen functional groups attached to an aromatic ring is 1. The molecule has 42 heavy (non-hydrogen) atoms. The van der Waals surface area contributed by atoms with E-state index in [1.165, 1.54) is 12.4 Å². The number of alkyl halides is 1. The maximum Gasteiger partial charge on any atom is 0.276 e. The first-order chi connectivity index (χ1) is 19.8. The van der Waals surface area contributed by atoms with E-state index >= 15 is 0 Å². The maximum absolute atomic E-state index is 12.2. The third kappa shape index (κ3) is 12.4. The van der Waals surface area contributed by atoms with Gasteiger partial charge >= 0.3 is 0 Å². The second-order valence-corrected chi connectivity index (χ2v) is 8.24. The van der Waals surface area contributed by atoms with Crippen molar-refractivity contribution in [2.75, 3.05) is 21.7 Å². The number of nitrogens with one attached hydrogen (secondary N) is 3. The molecule has 1 unspecified atom stereocenters. The van der Waals surface area contributed by atoms with Gasteiger partial charge in [-0.05, 0) is 55.5 Å². The molecule has 9 nitrogen and oxygen atoms in total. The molecule has 0 bridgehead atoms. The van der Waals surface area contributed by atoms with E-state index in [1.54, 1.807) is 55.5 Å². The van der Waals surface area contributed by atoms with Crippen molar-refractivity contribution in [3.05, 3.63) is 109 Å². The summed E-state index contributed by atoms with van der Waals surface area (Å²) >= 11 is 5.71. The lowest BCUT2D eigenvalue weighted by atomic mass is 10.2. The molecule has 2 aromatic heterocycles. The highest BCUT2D eigenvalue weighted by molar-refractivity contribution is 6.32. The van der Waals surface area contributed by atoms with Gasteiger partial charge in [0.25, 0.3) is 11.8 Å². The molecule has 15 heteroatoms. The number of para-hydroxylation sites is 2. The van der Waals surface area contributed by atoms with Gasteiger partial charge in [0.05, 0.1) is 11.4 Å². The quantitative estimate of drug-likeness (QED) is 0.142. The number of halogens is 6. The lowest BCUT2D eigenvalue weighted by molar-refractivity contribution is -0.115. The van der Waals surface area contributed by atoms with Crippen LogP contribution in [0.5, 0.6) is 0 Å². The molecule has 224 valence electrons. The highest BCUT2D eigenvalue weighted by Gasteiger charge is 2.17. The Morgan fingerprint density at radius 2 is 1.12 bits per heavy atom. The van der Waals surface area contributed by atoms with Gasteiger partial charge in [-0.2, -0.15) is 0 Å². The predicted molar refractivity (Wildman–Crippen MR) is 153 cm³/mol. The van der Waals surface area contributed by atoms with Gasteiger partial charge in [-0.15, -0.1) is 11.6 Å². The normalized spacial score (nSPS) is 9.76. The Kier molecular flexibility index (Phi) is 18.2. The van der Waals surface area contributed by atoms with Crippen LogP contribution in [0.3, 0.4) is 0 Å². The molecule has 3 amide bonds. The standard InChI is InChI=1S/C15H14ClN3O2.C12H11N3O.2F2.FH/c1-10(16)14(20)19-12-8-5-9-17-13(12)15(21)18-11-6-3-2-4-7-11;13-10-7-4-8-14-11(10)12(16)15-9-5-2-1-3-6-9;2*1-2;/h2-10H,1H3,(H,18,21)(H,19,20);1-8H,13H2,(H,15,16);;;1H. The maximum atomic E-state index is 12.2. The zero-order valence-corrected chi connectivity index (χ0v) is 22.6. The van der Waals surface area contributed by atoms with Crippen LogP contribution in [0.25, 0.3) is 0 Å². The van der Waals surface area contributed by atoms with Gasteiger partial charge in [0.1, 0.15) is 5.38 Å². The van der Waals surface area contributed by atoms with Crippen LogP contribution in [0.15, 0.2) is 97.3 Å². The first-order valence-electron chi connectivity index (χ1n) is 11.5. The van der Waals surface area contributed by atoms with Crippen molar-refractivity contribution < 1.29 is 37.4 Å². The van der Waals surface area contributed by atoms with Crippen LogP contribution in [-0.2, 0) is 4.79 Å². The van der Waals surface area contributed by atoms with Crippen LogP contribution in [0.2, 0.25) is 0 Å². The third-order valence-corrected chi connectivity index (χ3v) is 4.96. The van der Waals surface area contributed by atoms with E-state index in [1.807, 2.05) is 36.4 Å². The molecule has 0 spiro atoms. The van der Waals surface area contributed by atoms with Crippen LogP contribution in [-0.4, -0.2) is 33.1 Å². The minimum Gasteiger partial charge on any atom is -0.397 e. The molecule has 0 saturated heterocycles. The number of nitrogens with zero attached hydrogens (tertiary/aromatic N) is 2. The fourth-order valence-corrected chi connectivity index (χ4v) is 3.00. The van der Waals surface area contributed by atoms with E-state index in [9.17, 15) is 14.4 Å². The number of carbonyl (C=O) groups excluding carboxylic acids is 3. The molecule has 5 N–H and O–H groups in total. The Bertz CT molecular complexity index is 1370. The molecule has 0 fully saturated rings. The van der Waals surface area contributed by atoms with Crippen molar-refractivity contribution in [1.82, 2.24) is 9.97 Å². The van der Waals surface area contributed by atoms with Crippen molar-refractivity contribution in [2.45, 2.75) is 12.3 Å². The highest BCUT2D eigenvalue weighted by Crippen LogP contribution is 2.16. The van der Waals surface area contributed by atoms with E-state index in [4.69, 9.17) is 35.6 Å². The number of pyridine rings is 2. The Balaban J connectivity index is 0.000000718. The van der Waals surface area contributed by atoms with Crippen LogP contribution in [0, 0.1) is 0 Å². The van der Waals surface area contributed by atoms with Gasteiger partial charge in [-0.1, -0.05) is 36.4 Å². The van der Waals surface area contributed by atoms with Crippen molar-refractivity contribution in [3.63, 3.8) is 0 Å². The fraction of sp³-hybridized carbons (Fsp3) is 0.0741. The van der Waals surface area contributed by atoms with Gasteiger partial charge in [-0.25, -0.2) is 9.97 Å². The molecule has 0 aliphatic heterocycles. The molecule has 4 aromatic rings. The van der Waals surface area contributed by atoms with E-state index in [-0.39, 0.29) is 22.0 Å². The van der Waals surface area contributed by atoms with Crippen LogP contribution < -0.4 is 21.7 Å². The number of amides is 3. The summed E-state index contributed by atoms with van der Waals surface area (Å²) in [6.07, 6.45) is 3.02. The van der Waals surface area contributed by atoms with Crippen molar-refractivity contribution in [2.24, 2.45) is 0 Å². The topological polar surface area (TPSA) is 139 Å². The summed E-state index contributed by atoms with van der Waals surface area (Å²) in [5, 5.41) is 7.32. The van der Waals surface area contributed by atoms with Crippen LogP contribution in [0.4, 0.5) is 45.8 Å². The largest absolute Gasteiger partial charge is 0.397 e. The molecular formula is C27H26ClF5N6O3. The first kappa shape index (κ1) is 36.9. The number of hydrogen-bond acceptors (Lipinski definition) is 6. The van der Waals surface area contributed by atoms with Crippen LogP contribution in [0.1, 0.15) is 27.9 Å². The smallest absolute Gasteiger partial charge is 0.276 e. The minimum absolute atomic E-state index is 0. The molecule has 2 aromatic carbocycles. The van der Waals surface area contributed by atoms with E-state index in [0.717, 1.165) is 5.69 Å². The number of anilines is 4. The lowest BCUT2D eigenvalue weighted by Gasteiger charge is -2.11. The number of nitrogens with two attached hydrogens (primary N) is 1. The van der Waals surface area contributed by atoms with E-state index < -0.39 is 17.2 Å². The van der Waals surface area contributed by atoms with Crippen molar-refractivity contribution in [1.29, 1.82) is 0 Å². The van der Waals surface area contributed by atoms with Crippen molar-refractivity contribution >= 4 is 52.1 Å². The zero-order valence-electron chi connectivity index (χ0n) is 21.8. The van der Waals surface area contributed by atoms with Gasteiger partial charge in [-0.3, -0.25) is 19.1 Å². The molecule has 2 heterocycles. The molecule has 0 aliphatic rings. The van der Waals surface area contributed by atoms with Gasteiger partial charge in [0.15, 0.2) is 11.4 Å². The van der Waals surface area contributed by atoms with E-state index in [0.29, 0.717) is 17.1 Å². The SMILES string of the molecule is CC(Cl)C(=O)Nc1cccnc1C(=O)Nc1ccccc1.F.FF.FF.Nc1cccnc1C(=O)Nc1ccccc1. The minimum atomic E-state index is -0.699. The van der Waals surface area contributed by atoms with Gasteiger partial charge < -0.3 is 21.7 Å². The average Bonchev–Trinajstić information content (AvgIpc) is 3.01. The zero-order chi connectivity index (χ0) is 30.6. The summed E-state index contributed by atoms with van der Waals surface area (Å²) < 4.78 is 32.0. The molecule has 0 radical (unpaired) electrons. The number of benzene rings is 2. The summed E-state index contributed by atoms with van der Waals surface area (Å²) in [6, 6.07) is 24.7. The average molecular weight is 613 g/mol. The molecular weight excluding hydrogens is 587 g/mol. The number of carbonyl (C=O) groups is 3. The number of hydrogen-bond donors (Lipinski definition) is 4. The summed E-state index contributed by atoms with van der Waals surface area (Å²) in [5.74, 6) is -1.10. The molecule has 1 atom stereocenters. The predicted octanol–water partition coefficient (Wildman–Crippen LogP) is 6.65. The van der Waals surface area contributed by atoms with Crippen molar-refractivity contribution in [3.8, 4) is 0 Å². The molecule has 4 rings (SSSR count). The number of rotatable bonds is 6. The second kappa shape index (κ2) is 20.7. The van der Waals surface area contributed by atoms with Crippen LogP contribution >= 0.6 is 11.6 Å². The van der Waals surface area contributed by atoms with Gasteiger partial charge in [0.2, 0.25) is 5.91 Å². The Morgan fingerprint density at radius 1 is 0.690 bits per heavy atom. The lowest BCUT2D eigenvalue weighted by Crippen LogP contribution is -2.23. The Labute approximate surface area is 242 Å². The van der Waals surface area contributed by atoms with Gasteiger partial charge in [0, 0.05) is 42.1 Å². The Morgan fingerprint density at radius 3 is 1.57 bits per heavy atom. The van der Waals surface area contributed by atoms with E-state index in [2.05, 4.69) is 25.9 Å². The highest BCUT2D eigenvalue weighted by atomic mass is 35.5.